The van der Waals surface area contributed by atoms with E-state index in [-0.39, 0.29) is 6.04 Å². The third-order valence-corrected chi connectivity index (χ3v) is 4.60. The zero-order chi connectivity index (χ0) is 19.1. The van der Waals surface area contributed by atoms with Crippen LogP contribution in [-0.4, -0.2) is 22.6 Å². The van der Waals surface area contributed by atoms with Crippen LogP contribution in [0.1, 0.15) is 35.5 Å². The van der Waals surface area contributed by atoms with E-state index in [4.69, 9.17) is 0 Å². The molecule has 2 N–H and O–H groups in total. The van der Waals surface area contributed by atoms with E-state index in [1.807, 2.05) is 25.4 Å². The summed E-state index contributed by atoms with van der Waals surface area (Å²) in [4.78, 5) is 8.63. The van der Waals surface area contributed by atoms with Crippen molar-refractivity contribution in [2.75, 3.05) is 7.05 Å². The predicted molar refractivity (Wildman–Crippen MR) is 111 cm³/mol. The van der Waals surface area contributed by atoms with Gasteiger partial charge >= 0.3 is 0 Å². The molecule has 2 aromatic carbocycles. The summed E-state index contributed by atoms with van der Waals surface area (Å²) in [5.41, 5.74) is 3.72. The molecule has 1 heterocycles. The van der Waals surface area contributed by atoms with Crippen molar-refractivity contribution in [2.45, 2.75) is 33.0 Å². The number of benzene rings is 2. The van der Waals surface area contributed by atoms with Crippen molar-refractivity contribution in [3.8, 4) is 0 Å². The van der Waals surface area contributed by atoms with E-state index in [1.165, 1.54) is 16.7 Å². The van der Waals surface area contributed by atoms with E-state index in [1.54, 1.807) is 7.05 Å². The molecule has 0 saturated carbocycles. The molecule has 0 saturated heterocycles. The molecule has 3 rings (SSSR count). The smallest absolute Gasteiger partial charge is 0.191 e. The molecule has 0 spiro atoms. The fourth-order valence-corrected chi connectivity index (χ4v) is 3.02. The van der Waals surface area contributed by atoms with Gasteiger partial charge in [0, 0.05) is 32.5 Å². The molecular weight excluding hydrogens is 334 g/mol. The van der Waals surface area contributed by atoms with Gasteiger partial charge in [-0.05, 0) is 30.5 Å². The Morgan fingerprint density at radius 3 is 2.59 bits per heavy atom. The van der Waals surface area contributed by atoms with Crippen LogP contribution in [0.2, 0.25) is 0 Å². The second-order valence-corrected chi connectivity index (χ2v) is 6.62. The number of aryl methyl sites for hydroxylation is 1. The standard InChI is InChI=1S/C22H27N5/c1-17(21-10-5-4-6-11-21)26-22(23-3)25-15-19-8-7-9-20(14-19)16-27-13-12-24-18(27)2/h4-14,17H,15-16H2,1-3H3,(H2,23,25,26). The highest BCUT2D eigenvalue weighted by Gasteiger charge is 2.07. The fraction of sp³-hybridized carbons (Fsp3) is 0.273. The highest BCUT2D eigenvalue weighted by Crippen LogP contribution is 2.11. The van der Waals surface area contributed by atoms with Gasteiger partial charge in [-0.2, -0.15) is 0 Å². The van der Waals surface area contributed by atoms with Gasteiger partial charge in [-0.1, -0.05) is 54.6 Å². The first kappa shape index (κ1) is 18.7. The van der Waals surface area contributed by atoms with Gasteiger partial charge in [-0.3, -0.25) is 4.99 Å². The molecule has 5 nitrogen and oxygen atoms in total. The Morgan fingerprint density at radius 2 is 1.89 bits per heavy atom. The van der Waals surface area contributed by atoms with E-state index >= 15 is 0 Å². The van der Waals surface area contributed by atoms with Crippen molar-refractivity contribution in [3.05, 3.63) is 89.5 Å². The predicted octanol–water partition coefficient (Wildman–Crippen LogP) is 3.67. The molecule has 1 atom stereocenters. The van der Waals surface area contributed by atoms with E-state index in [2.05, 4.69) is 80.6 Å². The number of nitrogens with one attached hydrogen (secondary N) is 2. The maximum Gasteiger partial charge on any atom is 0.191 e. The average molecular weight is 361 g/mol. The third-order valence-electron chi connectivity index (χ3n) is 4.60. The summed E-state index contributed by atoms with van der Waals surface area (Å²) in [7, 11) is 1.80. The van der Waals surface area contributed by atoms with Crippen LogP contribution >= 0.6 is 0 Å². The Hall–Kier alpha value is -3.08. The Kier molecular flexibility index (Phi) is 6.26. The molecule has 140 valence electrons. The van der Waals surface area contributed by atoms with Crippen LogP contribution < -0.4 is 10.6 Å². The van der Waals surface area contributed by atoms with Gasteiger partial charge in [0.05, 0.1) is 6.04 Å². The molecule has 0 amide bonds. The van der Waals surface area contributed by atoms with Crippen LogP contribution in [0.25, 0.3) is 0 Å². The number of guanidine groups is 1. The number of imidazole rings is 1. The number of nitrogens with zero attached hydrogens (tertiary/aromatic N) is 3. The number of hydrogen-bond donors (Lipinski definition) is 2. The SMILES string of the molecule is CN=C(NCc1cccc(Cn2ccnc2C)c1)NC(C)c1ccccc1. The average Bonchev–Trinajstić information content (AvgIpc) is 3.10. The Bertz CT molecular complexity index is 882. The van der Waals surface area contributed by atoms with Gasteiger partial charge in [-0.15, -0.1) is 0 Å². The van der Waals surface area contributed by atoms with Crippen LogP contribution in [-0.2, 0) is 13.1 Å². The first-order valence-electron chi connectivity index (χ1n) is 9.23. The monoisotopic (exact) mass is 361 g/mol. The quantitative estimate of drug-likeness (QED) is 0.520. The lowest BCUT2D eigenvalue weighted by Crippen LogP contribution is -2.38. The van der Waals surface area contributed by atoms with E-state index in [0.29, 0.717) is 0 Å². The molecule has 0 fully saturated rings. The molecule has 0 aliphatic carbocycles. The molecule has 3 aromatic rings. The third kappa shape index (κ3) is 5.20. The second-order valence-electron chi connectivity index (χ2n) is 6.62. The van der Waals surface area contributed by atoms with Crippen LogP contribution in [0.4, 0.5) is 0 Å². The highest BCUT2D eigenvalue weighted by molar-refractivity contribution is 5.80. The molecular formula is C22H27N5. The van der Waals surface area contributed by atoms with Gasteiger partial charge in [-0.25, -0.2) is 4.98 Å². The first-order chi connectivity index (χ1) is 13.2. The van der Waals surface area contributed by atoms with E-state index < -0.39 is 0 Å². The fourth-order valence-electron chi connectivity index (χ4n) is 3.02. The summed E-state index contributed by atoms with van der Waals surface area (Å²) >= 11 is 0. The first-order valence-corrected chi connectivity index (χ1v) is 9.23. The minimum Gasteiger partial charge on any atom is -0.352 e. The molecule has 1 unspecified atom stereocenters. The normalized spacial score (nSPS) is 12.6. The minimum absolute atomic E-state index is 0.188. The second kappa shape index (κ2) is 9.03. The molecule has 0 aliphatic rings. The maximum absolute atomic E-state index is 4.35. The lowest BCUT2D eigenvalue weighted by Gasteiger charge is -2.18. The summed E-state index contributed by atoms with van der Waals surface area (Å²) in [6, 6.07) is 19.2. The largest absolute Gasteiger partial charge is 0.352 e. The van der Waals surface area contributed by atoms with E-state index in [9.17, 15) is 0 Å². The summed E-state index contributed by atoms with van der Waals surface area (Å²) < 4.78 is 2.15. The lowest BCUT2D eigenvalue weighted by atomic mass is 10.1. The van der Waals surface area contributed by atoms with Crippen LogP contribution in [0.5, 0.6) is 0 Å². The van der Waals surface area contributed by atoms with Crippen molar-refractivity contribution in [1.29, 1.82) is 0 Å². The van der Waals surface area contributed by atoms with Crippen molar-refractivity contribution in [2.24, 2.45) is 4.99 Å². The Labute approximate surface area is 161 Å². The van der Waals surface area contributed by atoms with Gasteiger partial charge in [0.2, 0.25) is 0 Å². The van der Waals surface area contributed by atoms with Crippen LogP contribution in [0.15, 0.2) is 72.0 Å². The number of aromatic nitrogens is 2. The molecule has 1 aromatic heterocycles. The molecule has 27 heavy (non-hydrogen) atoms. The van der Waals surface area contributed by atoms with E-state index in [0.717, 1.165) is 24.9 Å². The van der Waals surface area contributed by atoms with Gasteiger partial charge in [0.25, 0.3) is 0 Å². The van der Waals surface area contributed by atoms with Crippen LogP contribution in [0.3, 0.4) is 0 Å². The summed E-state index contributed by atoms with van der Waals surface area (Å²) in [5, 5.41) is 6.84. The zero-order valence-corrected chi connectivity index (χ0v) is 16.2. The molecule has 0 radical (unpaired) electrons. The Morgan fingerprint density at radius 1 is 1.11 bits per heavy atom. The topological polar surface area (TPSA) is 54.2 Å². The van der Waals surface area contributed by atoms with Crippen LogP contribution in [0, 0.1) is 6.92 Å². The van der Waals surface area contributed by atoms with Gasteiger partial charge < -0.3 is 15.2 Å². The Balaban J connectivity index is 1.58. The molecule has 0 aliphatic heterocycles. The summed E-state index contributed by atoms with van der Waals surface area (Å²) in [5.74, 6) is 1.82. The van der Waals surface area contributed by atoms with Crippen molar-refractivity contribution >= 4 is 5.96 Å². The van der Waals surface area contributed by atoms with Crippen molar-refractivity contribution in [1.82, 2.24) is 20.2 Å². The number of aliphatic imine (C=N–C) groups is 1. The lowest BCUT2D eigenvalue weighted by molar-refractivity contribution is 0.685. The van der Waals surface area contributed by atoms with Gasteiger partial charge in [0.15, 0.2) is 5.96 Å². The zero-order valence-electron chi connectivity index (χ0n) is 16.2. The molecule has 5 heteroatoms. The highest BCUT2D eigenvalue weighted by atomic mass is 15.2. The summed E-state index contributed by atoms with van der Waals surface area (Å²) in [6.07, 6.45) is 3.85. The van der Waals surface area contributed by atoms with Crippen molar-refractivity contribution in [3.63, 3.8) is 0 Å². The maximum atomic E-state index is 4.35. The van der Waals surface area contributed by atoms with Gasteiger partial charge in [0.1, 0.15) is 5.82 Å². The number of rotatable bonds is 6. The summed E-state index contributed by atoms with van der Waals surface area (Å²) in [6.45, 7) is 5.71. The van der Waals surface area contributed by atoms with Crippen molar-refractivity contribution < 1.29 is 0 Å². The molecule has 0 bridgehead atoms. The number of hydrogen-bond acceptors (Lipinski definition) is 2. The minimum atomic E-state index is 0.188.